The molecule has 4 rings (SSSR count). The highest BCUT2D eigenvalue weighted by Crippen LogP contribution is 2.32. The fourth-order valence-electron chi connectivity index (χ4n) is 5.48. The molecule has 0 radical (unpaired) electrons. The molecule has 4 heteroatoms. The Labute approximate surface area is 193 Å². The van der Waals surface area contributed by atoms with Gasteiger partial charge in [-0.1, -0.05) is 75.6 Å². The van der Waals surface area contributed by atoms with Crippen LogP contribution in [-0.4, -0.2) is 15.6 Å². The van der Waals surface area contributed by atoms with Crippen LogP contribution in [0.2, 0.25) is 5.02 Å². The molecule has 0 spiro atoms. The number of benzene rings is 1. The second kappa shape index (κ2) is 10.3. The van der Waals surface area contributed by atoms with Crippen molar-refractivity contribution < 1.29 is 0 Å². The van der Waals surface area contributed by atoms with Crippen molar-refractivity contribution in [2.24, 2.45) is 5.92 Å². The Balaban J connectivity index is 1.63. The van der Waals surface area contributed by atoms with E-state index in [-0.39, 0.29) is 0 Å². The predicted octanol–water partition coefficient (Wildman–Crippen LogP) is 7.68. The average Bonchev–Trinajstić information content (AvgIpc) is 3.11. The Morgan fingerprint density at radius 1 is 1.06 bits per heavy atom. The van der Waals surface area contributed by atoms with Crippen LogP contribution in [0, 0.1) is 19.8 Å². The van der Waals surface area contributed by atoms with Crippen LogP contribution in [0.25, 0.3) is 17.1 Å². The van der Waals surface area contributed by atoms with Crippen molar-refractivity contribution >= 4 is 17.3 Å². The molecule has 1 aromatic carbocycles. The third-order valence-corrected chi connectivity index (χ3v) is 7.65. The Morgan fingerprint density at radius 3 is 2.45 bits per heavy atom. The Bertz CT molecular complexity index is 901. The van der Waals surface area contributed by atoms with E-state index in [1.807, 2.05) is 6.07 Å². The maximum absolute atomic E-state index is 6.39. The summed E-state index contributed by atoms with van der Waals surface area (Å²) in [5.74, 6) is 1.88. The number of hydrogen-bond donors (Lipinski definition) is 1. The molecule has 2 aromatic rings. The van der Waals surface area contributed by atoms with Gasteiger partial charge in [-0.25, -0.2) is 4.98 Å². The van der Waals surface area contributed by atoms with E-state index in [0.29, 0.717) is 6.04 Å². The molecule has 168 valence electrons. The van der Waals surface area contributed by atoms with Gasteiger partial charge in [0.2, 0.25) is 0 Å². The van der Waals surface area contributed by atoms with Gasteiger partial charge < -0.3 is 9.88 Å². The van der Waals surface area contributed by atoms with Crippen LogP contribution in [-0.2, 0) is 6.54 Å². The van der Waals surface area contributed by atoms with Crippen molar-refractivity contribution in [1.29, 1.82) is 0 Å². The van der Waals surface area contributed by atoms with Crippen LogP contribution in [0.5, 0.6) is 0 Å². The molecule has 1 N–H and O–H groups in total. The van der Waals surface area contributed by atoms with Gasteiger partial charge in [0, 0.05) is 28.9 Å². The lowest BCUT2D eigenvalue weighted by atomic mass is 9.87. The van der Waals surface area contributed by atoms with Crippen molar-refractivity contribution in [3.05, 3.63) is 46.8 Å². The highest BCUT2D eigenvalue weighted by atomic mass is 35.5. The molecule has 31 heavy (non-hydrogen) atoms. The summed E-state index contributed by atoms with van der Waals surface area (Å²) in [5.41, 5.74) is 5.56. The Hall–Kier alpha value is -1.74. The summed E-state index contributed by atoms with van der Waals surface area (Å²) in [6, 6.07) is 6.66. The molecular formula is C27H38ClN3. The predicted molar refractivity (Wildman–Crippen MR) is 132 cm³/mol. The number of aryl methyl sites for hydroxylation is 1. The highest BCUT2D eigenvalue weighted by Gasteiger charge is 2.22. The van der Waals surface area contributed by atoms with Crippen LogP contribution in [0.3, 0.4) is 0 Å². The van der Waals surface area contributed by atoms with E-state index in [9.17, 15) is 0 Å². The monoisotopic (exact) mass is 439 g/mol. The third kappa shape index (κ3) is 5.37. The fourth-order valence-corrected chi connectivity index (χ4v) is 5.66. The molecule has 0 aliphatic heterocycles. The normalized spacial score (nSPS) is 18.3. The summed E-state index contributed by atoms with van der Waals surface area (Å²) >= 11 is 6.39. The molecule has 3 nitrogen and oxygen atoms in total. The molecule has 2 aliphatic carbocycles. The number of imidazole rings is 1. The fraction of sp³-hybridized carbons (Fsp3) is 0.593. The largest absolute Gasteiger partial charge is 0.381 e. The summed E-state index contributed by atoms with van der Waals surface area (Å²) < 4.78 is 2.43. The Morgan fingerprint density at radius 2 is 1.74 bits per heavy atom. The van der Waals surface area contributed by atoms with Crippen molar-refractivity contribution in [2.75, 3.05) is 0 Å². The molecule has 0 unspecified atom stereocenters. The highest BCUT2D eigenvalue weighted by molar-refractivity contribution is 6.30. The zero-order chi connectivity index (χ0) is 21.8. The minimum Gasteiger partial charge on any atom is -0.381 e. The lowest BCUT2D eigenvalue weighted by Crippen LogP contribution is -2.29. The van der Waals surface area contributed by atoms with Gasteiger partial charge in [0.05, 0.1) is 5.70 Å². The molecule has 2 fully saturated rings. The van der Waals surface area contributed by atoms with Crippen molar-refractivity contribution in [3.8, 4) is 11.4 Å². The second-order valence-corrected chi connectivity index (χ2v) is 10.2. The van der Waals surface area contributed by atoms with Gasteiger partial charge in [-0.15, -0.1) is 0 Å². The number of halogens is 1. The first-order valence-electron chi connectivity index (χ1n) is 12.3. The van der Waals surface area contributed by atoms with Crippen LogP contribution < -0.4 is 5.32 Å². The van der Waals surface area contributed by atoms with Gasteiger partial charge in [0.15, 0.2) is 0 Å². The zero-order valence-electron chi connectivity index (χ0n) is 19.4. The van der Waals surface area contributed by atoms with E-state index in [4.69, 9.17) is 16.6 Å². The second-order valence-electron chi connectivity index (χ2n) is 9.73. The lowest BCUT2D eigenvalue weighted by Gasteiger charge is -2.24. The number of nitrogens with zero attached hydrogens (tertiary/aromatic N) is 2. The molecule has 0 bridgehead atoms. The number of hydrogen-bond acceptors (Lipinski definition) is 2. The first-order valence-corrected chi connectivity index (χ1v) is 12.7. The smallest absolute Gasteiger partial charge is 0.141 e. The van der Waals surface area contributed by atoms with E-state index >= 15 is 0 Å². The SMILES string of the molecule is C=C(NC1CCCCC1)c1nc(-c2cc(Cl)ccc2C)n(CCC2CCCCC2)c1C. The maximum Gasteiger partial charge on any atom is 0.141 e. The lowest BCUT2D eigenvalue weighted by molar-refractivity contribution is 0.324. The van der Waals surface area contributed by atoms with Crippen LogP contribution in [0.15, 0.2) is 24.8 Å². The van der Waals surface area contributed by atoms with Gasteiger partial charge in [-0.2, -0.15) is 0 Å². The maximum atomic E-state index is 6.39. The third-order valence-electron chi connectivity index (χ3n) is 7.42. The van der Waals surface area contributed by atoms with Gasteiger partial charge >= 0.3 is 0 Å². The van der Waals surface area contributed by atoms with Crippen molar-refractivity contribution in [3.63, 3.8) is 0 Å². The van der Waals surface area contributed by atoms with E-state index in [2.05, 4.69) is 42.4 Å². The Kier molecular flexibility index (Phi) is 7.43. The van der Waals surface area contributed by atoms with Gasteiger partial charge in [-0.05, 0) is 56.7 Å². The molecule has 0 amide bonds. The first-order chi connectivity index (χ1) is 15.0. The standard InChI is InChI=1S/C27H38ClN3/c1-19-14-15-23(28)18-25(19)27-30-26(20(2)29-24-12-8-5-9-13-24)21(3)31(27)17-16-22-10-6-4-7-11-22/h14-15,18,22,24,29H,2,4-13,16-17H2,1,3H3. The summed E-state index contributed by atoms with van der Waals surface area (Å²) in [4.78, 5) is 5.15. The van der Waals surface area contributed by atoms with Crippen LogP contribution in [0.4, 0.5) is 0 Å². The van der Waals surface area contributed by atoms with E-state index in [1.165, 1.54) is 81.9 Å². The molecule has 2 aliphatic rings. The summed E-state index contributed by atoms with van der Waals surface area (Å²) in [6.45, 7) is 9.78. The molecule has 0 atom stereocenters. The minimum atomic E-state index is 0.532. The van der Waals surface area contributed by atoms with E-state index < -0.39 is 0 Å². The number of nitrogens with one attached hydrogen (secondary N) is 1. The van der Waals surface area contributed by atoms with Crippen LogP contribution in [0.1, 0.15) is 87.6 Å². The van der Waals surface area contributed by atoms with Crippen molar-refractivity contribution in [1.82, 2.24) is 14.9 Å². The van der Waals surface area contributed by atoms with Gasteiger partial charge in [-0.3, -0.25) is 0 Å². The average molecular weight is 440 g/mol. The van der Waals surface area contributed by atoms with Crippen LogP contribution >= 0.6 is 11.6 Å². The zero-order valence-corrected chi connectivity index (χ0v) is 20.1. The number of aromatic nitrogens is 2. The molecule has 0 saturated heterocycles. The van der Waals surface area contributed by atoms with Crippen molar-refractivity contribution in [2.45, 2.75) is 97.1 Å². The minimum absolute atomic E-state index is 0.532. The van der Waals surface area contributed by atoms with Gasteiger partial charge in [0.25, 0.3) is 0 Å². The molecule has 1 aromatic heterocycles. The van der Waals surface area contributed by atoms with Gasteiger partial charge in [0.1, 0.15) is 11.5 Å². The number of rotatable bonds is 7. The van der Waals surface area contributed by atoms with E-state index in [0.717, 1.165) is 40.3 Å². The topological polar surface area (TPSA) is 29.9 Å². The van der Waals surface area contributed by atoms with E-state index in [1.54, 1.807) is 0 Å². The summed E-state index contributed by atoms with van der Waals surface area (Å²) in [7, 11) is 0. The summed E-state index contributed by atoms with van der Waals surface area (Å²) in [6.07, 6.45) is 14.6. The molecule has 2 saturated carbocycles. The first kappa shape index (κ1) is 22.5. The molecular weight excluding hydrogens is 402 g/mol. The summed E-state index contributed by atoms with van der Waals surface area (Å²) in [5, 5.41) is 4.47. The quantitative estimate of drug-likeness (QED) is 0.479. The molecule has 1 heterocycles.